The van der Waals surface area contributed by atoms with Crippen LogP contribution in [0.3, 0.4) is 0 Å². The van der Waals surface area contributed by atoms with Crippen LogP contribution in [0, 0.1) is 0 Å². The molecule has 4 heterocycles. The lowest BCUT2D eigenvalue weighted by Gasteiger charge is -2.07. The maximum absolute atomic E-state index is 13.3. The van der Waals surface area contributed by atoms with Gasteiger partial charge in [0.05, 0.1) is 33.9 Å². The summed E-state index contributed by atoms with van der Waals surface area (Å²) in [5.74, 6) is 2.03. The van der Waals surface area contributed by atoms with Crippen LogP contribution in [0.5, 0.6) is 23.0 Å². The van der Waals surface area contributed by atoms with Crippen LogP contribution >= 0.6 is 0 Å². The summed E-state index contributed by atoms with van der Waals surface area (Å²) in [7, 11) is 0. The topological polar surface area (TPSA) is 160 Å². The van der Waals surface area contributed by atoms with Crippen LogP contribution in [0.4, 0.5) is 11.4 Å². The number of H-pyrrole nitrogens is 2. The number of nitrogens with two attached hydrogens (primary N) is 2. The van der Waals surface area contributed by atoms with Gasteiger partial charge in [-0.15, -0.1) is 0 Å². The number of hydrogen-bond acceptors (Lipinski definition) is 6. The zero-order valence-corrected chi connectivity index (χ0v) is 25.3. The van der Waals surface area contributed by atoms with E-state index in [1.54, 1.807) is 24.3 Å². The second-order valence-corrected chi connectivity index (χ2v) is 11.4. The summed E-state index contributed by atoms with van der Waals surface area (Å²) in [6, 6.07) is 37.1. The van der Waals surface area contributed by atoms with Crippen LogP contribution in [0.1, 0.15) is 11.4 Å². The molecule has 8 N–H and O–H groups in total. The SMILES string of the molecule is Nc1ccc(Oc2ccc(-c3ccc(C4=C5C(=O)NC(c6ccc(-c7ccc(Oc8ccc(N)cc8)cc7)[nH]6)=C5C(=O)N4)[nH]3)cc2)cc1. The van der Waals surface area contributed by atoms with E-state index in [9.17, 15) is 9.59 Å². The number of amides is 2. The van der Waals surface area contributed by atoms with E-state index in [4.69, 9.17) is 20.9 Å². The molecule has 0 radical (unpaired) electrons. The van der Waals surface area contributed by atoms with Crippen LogP contribution in [0.25, 0.3) is 33.9 Å². The van der Waals surface area contributed by atoms with E-state index >= 15 is 0 Å². The van der Waals surface area contributed by atoms with Gasteiger partial charge in [-0.3, -0.25) is 9.59 Å². The quantitative estimate of drug-likeness (QED) is 0.101. The van der Waals surface area contributed by atoms with Crippen LogP contribution in [-0.2, 0) is 9.59 Å². The Kier molecular flexibility index (Phi) is 6.81. The van der Waals surface area contributed by atoms with Gasteiger partial charge in [-0.05, 0) is 132 Å². The molecule has 48 heavy (non-hydrogen) atoms. The minimum Gasteiger partial charge on any atom is -0.457 e. The average Bonchev–Trinajstić information content (AvgIpc) is 3.90. The highest BCUT2D eigenvalue weighted by Crippen LogP contribution is 2.38. The van der Waals surface area contributed by atoms with Crippen LogP contribution in [-0.4, -0.2) is 21.8 Å². The summed E-state index contributed by atoms with van der Waals surface area (Å²) in [5, 5.41) is 5.80. The minimum absolute atomic E-state index is 0.302. The fourth-order valence-corrected chi connectivity index (χ4v) is 5.75. The van der Waals surface area contributed by atoms with Crippen molar-refractivity contribution in [2.45, 2.75) is 0 Å². The summed E-state index contributed by atoms with van der Waals surface area (Å²) in [6.45, 7) is 0. The third kappa shape index (κ3) is 5.33. The smallest absolute Gasteiger partial charge is 0.258 e. The molecule has 8 rings (SSSR count). The Morgan fingerprint density at radius 3 is 1.06 bits per heavy atom. The predicted molar refractivity (Wildman–Crippen MR) is 184 cm³/mol. The van der Waals surface area contributed by atoms with Crippen molar-refractivity contribution in [2.24, 2.45) is 0 Å². The number of anilines is 2. The van der Waals surface area contributed by atoms with E-state index in [-0.39, 0.29) is 11.8 Å². The van der Waals surface area contributed by atoms with Crippen molar-refractivity contribution in [3.05, 3.63) is 144 Å². The second-order valence-electron chi connectivity index (χ2n) is 11.4. The Hall–Kier alpha value is -6.94. The van der Waals surface area contributed by atoms with Crippen molar-refractivity contribution in [3.63, 3.8) is 0 Å². The number of rotatable bonds is 8. The molecule has 10 heteroatoms. The monoisotopic (exact) mass is 632 g/mol. The van der Waals surface area contributed by atoms with Gasteiger partial charge in [0.2, 0.25) is 0 Å². The van der Waals surface area contributed by atoms with Gasteiger partial charge in [0, 0.05) is 22.8 Å². The van der Waals surface area contributed by atoms with Crippen LogP contribution in [0.15, 0.2) is 132 Å². The van der Waals surface area contributed by atoms with Gasteiger partial charge in [-0.1, -0.05) is 0 Å². The highest BCUT2D eigenvalue weighted by Gasteiger charge is 2.41. The van der Waals surface area contributed by atoms with Crippen molar-refractivity contribution < 1.29 is 19.1 Å². The van der Waals surface area contributed by atoms with E-state index in [2.05, 4.69) is 20.6 Å². The lowest BCUT2D eigenvalue weighted by molar-refractivity contribution is -0.117. The number of nitrogen functional groups attached to an aromatic ring is 2. The van der Waals surface area contributed by atoms with E-state index < -0.39 is 0 Å². The van der Waals surface area contributed by atoms with Gasteiger partial charge >= 0.3 is 0 Å². The number of carbonyl (C=O) groups excluding carboxylic acids is 2. The summed E-state index contributed by atoms with van der Waals surface area (Å²) in [5.41, 5.74) is 19.0. The first kappa shape index (κ1) is 28.5. The number of fused-ring (bicyclic) bond motifs is 1. The molecule has 2 aliphatic heterocycles. The molecular weight excluding hydrogens is 604 g/mol. The molecule has 2 amide bonds. The second kappa shape index (κ2) is 11.5. The summed E-state index contributed by atoms with van der Waals surface area (Å²) < 4.78 is 11.8. The molecule has 0 atom stereocenters. The number of carbonyl (C=O) groups is 2. The number of hydrogen-bond donors (Lipinski definition) is 6. The largest absolute Gasteiger partial charge is 0.457 e. The lowest BCUT2D eigenvalue weighted by Crippen LogP contribution is -2.21. The number of ether oxygens (including phenoxy) is 2. The molecule has 0 saturated heterocycles. The number of benzene rings is 4. The molecule has 2 aromatic heterocycles. The molecule has 0 spiro atoms. The van der Waals surface area contributed by atoms with Crippen molar-refractivity contribution in [1.82, 2.24) is 20.6 Å². The maximum Gasteiger partial charge on any atom is 0.258 e. The zero-order valence-electron chi connectivity index (χ0n) is 25.3. The molecule has 0 fully saturated rings. The third-order valence-electron chi connectivity index (χ3n) is 8.15. The average molecular weight is 633 g/mol. The summed E-state index contributed by atoms with van der Waals surface area (Å²) >= 11 is 0. The molecule has 4 aromatic carbocycles. The molecule has 10 nitrogen and oxygen atoms in total. The zero-order chi connectivity index (χ0) is 32.8. The molecule has 0 aliphatic carbocycles. The fraction of sp³-hybridized carbons (Fsp3) is 0. The third-order valence-corrected chi connectivity index (χ3v) is 8.15. The van der Waals surface area contributed by atoms with E-state index in [0.29, 0.717) is 68.3 Å². The number of aromatic amines is 2. The van der Waals surface area contributed by atoms with E-state index in [0.717, 1.165) is 22.5 Å². The maximum atomic E-state index is 13.3. The highest BCUT2D eigenvalue weighted by atomic mass is 16.5. The Bertz CT molecular complexity index is 2100. The molecule has 0 unspecified atom stereocenters. The minimum atomic E-state index is -0.353. The molecule has 234 valence electrons. The van der Waals surface area contributed by atoms with Crippen molar-refractivity contribution >= 4 is 34.6 Å². The lowest BCUT2D eigenvalue weighted by atomic mass is 10.1. The fourth-order valence-electron chi connectivity index (χ4n) is 5.75. The summed E-state index contributed by atoms with van der Waals surface area (Å²) in [4.78, 5) is 33.2. The first-order valence-electron chi connectivity index (χ1n) is 15.2. The molecular formula is C38H28N6O4. The number of aromatic nitrogens is 2. The number of nitrogens with one attached hydrogen (secondary N) is 4. The Balaban J connectivity index is 1.01. The first-order chi connectivity index (χ1) is 23.4. The highest BCUT2D eigenvalue weighted by molar-refractivity contribution is 6.30. The van der Waals surface area contributed by atoms with Gasteiger partial charge in [-0.25, -0.2) is 0 Å². The summed E-state index contributed by atoms with van der Waals surface area (Å²) in [6.07, 6.45) is 0. The molecule has 6 aromatic rings. The standard InChI is InChI=1S/C38H28N6O4/c39-23-5-13-27(14-6-23)47-25-9-1-21(2-10-25)29-17-19-31(41-29)35-33-34(38(46)43-35)36(44-37(33)45)32-20-18-30(42-32)22-3-11-26(12-4-22)48-28-15-7-24(40)8-16-28/h1-20,41-42H,39-40H2,(H,43,46)(H,44,45). The molecule has 0 bridgehead atoms. The van der Waals surface area contributed by atoms with Crippen molar-refractivity contribution in [1.29, 1.82) is 0 Å². The van der Waals surface area contributed by atoms with Crippen molar-refractivity contribution in [3.8, 4) is 45.5 Å². The Labute approximate surface area is 274 Å². The Morgan fingerprint density at radius 2 is 0.708 bits per heavy atom. The van der Waals surface area contributed by atoms with Gasteiger partial charge in [0.15, 0.2) is 0 Å². The van der Waals surface area contributed by atoms with Crippen molar-refractivity contribution in [2.75, 3.05) is 11.5 Å². The van der Waals surface area contributed by atoms with E-state index in [1.807, 2.05) is 97.1 Å². The molecule has 2 aliphatic rings. The van der Waals surface area contributed by atoms with Gasteiger partial charge in [0.25, 0.3) is 11.8 Å². The van der Waals surface area contributed by atoms with Crippen LogP contribution in [0.2, 0.25) is 0 Å². The van der Waals surface area contributed by atoms with Gasteiger partial charge < -0.3 is 41.5 Å². The Morgan fingerprint density at radius 1 is 0.396 bits per heavy atom. The van der Waals surface area contributed by atoms with Crippen LogP contribution < -0.4 is 31.6 Å². The van der Waals surface area contributed by atoms with Gasteiger partial charge in [0.1, 0.15) is 23.0 Å². The normalized spacial score (nSPS) is 13.8. The van der Waals surface area contributed by atoms with Gasteiger partial charge in [-0.2, -0.15) is 0 Å². The predicted octanol–water partition coefficient (Wildman–Crippen LogP) is 6.81. The molecule has 0 saturated carbocycles. The van der Waals surface area contributed by atoms with E-state index in [1.165, 1.54) is 0 Å². The first-order valence-corrected chi connectivity index (χ1v) is 15.2.